The quantitative estimate of drug-likeness (QED) is 0.380. The van der Waals surface area contributed by atoms with E-state index in [4.69, 9.17) is 15.7 Å². The van der Waals surface area contributed by atoms with E-state index >= 15 is 0 Å². The average Bonchev–Trinajstić information content (AvgIpc) is 2.53. The first kappa shape index (κ1) is 15.2. The number of carbonyl (C=O) groups is 1. The highest BCUT2D eigenvalue weighted by Gasteiger charge is 2.35. The number of hydrogen-bond donors (Lipinski definition) is 2. The lowest BCUT2D eigenvalue weighted by Gasteiger charge is -2.38. The van der Waals surface area contributed by atoms with Crippen LogP contribution in [0.5, 0.6) is 5.75 Å². The van der Waals surface area contributed by atoms with Crippen molar-refractivity contribution in [3.8, 4) is 5.75 Å². The molecule has 21 heavy (non-hydrogen) atoms. The zero-order valence-electron chi connectivity index (χ0n) is 12.2. The third-order valence-corrected chi connectivity index (χ3v) is 4.05. The topological polar surface area (TPSA) is 88.2 Å². The lowest BCUT2D eigenvalue weighted by Crippen LogP contribution is -2.48. The van der Waals surface area contributed by atoms with Crippen molar-refractivity contribution in [2.24, 2.45) is 16.3 Å². The summed E-state index contributed by atoms with van der Waals surface area (Å²) in [6.45, 7) is 3.15. The highest BCUT2D eigenvalue weighted by Crippen LogP contribution is 2.31. The molecular weight excluding hydrogens is 270 g/mol. The number of piperidine rings is 1. The first-order chi connectivity index (χ1) is 10.0. The van der Waals surface area contributed by atoms with Crippen LogP contribution < -0.4 is 10.5 Å². The Morgan fingerprint density at radius 3 is 2.57 bits per heavy atom. The molecule has 1 saturated heterocycles. The van der Waals surface area contributed by atoms with Crippen LogP contribution in [0, 0.1) is 5.41 Å². The Morgan fingerprint density at radius 2 is 2.00 bits per heavy atom. The van der Waals surface area contributed by atoms with Crippen LogP contribution in [0.15, 0.2) is 35.5 Å². The summed E-state index contributed by atoms with van der Waals surface area (Å²) in [4.78, 5) is 13.9. The number of benzene rings is 1. The maximum absolute atomic E-state index is 12.1. The predicted molar refractivity (Wildman–Crippen MR) is 79.3 cm³/mol. The van der Waals surface area contributed by atoms with Crippen LogP contribution in [-0.2, 0) is 4.79 Å². The lowest BCUT2D eigenvalue weighted by atomic mass is 9.79. The Bertz CT molecular complexity index is 508. The molecule has 0 aromatic heterocycles. The minimum atomic E-state index is -0.341. The molecular formula is C15H21N3O3. The van der Waals surface area contributed by atoms with Gasteiger partial charge in [-0.1, -0.05) is 30.3 Å². The van der Waals surface area contributed by atoms with Crippen LogP contribution in [0.25, 0.3) is 0 Å². The van der Waals surface area contributed by atoms with Gasteiger partial charge in [0.25, 0.3) is 5.91 Å². The van der Waals surface area contributed by atoms with E-state index in [-0.39, 0.29) is 23.8 Å². The highest BCUT2D eigenvalue weighted by atomic mass is 16.5. The van der Waals surface area contributed by atoms with Crippen molar-refractivity contribution in [2.75, 3.05) is 19.7 Å². The molecule has 2 rings (SSSR count). The van der Waals surface area contributed by atoms with Gasteiger partial charge in [0, 0.05) is 18.5 Å². The SMILES string of the molecule is CC1(/C(N)=N/O)CCN(C(=O)COc2ccccc2)CC1. The van der Waals surface area contributed by atoms with Gasteiger partial charge in [0.05, 0.1) is 0 Å². The molecule has 0 radical (unpaired) electrons. The van der Waals surface area contributed by atoms with Gasteiger partial charge >= 0.3 is 0 Å². The largest absolute Gasteiger partial charge is 0.484 e. The molecule has 114 valence electrons. The Labute approximate surface area is 124 Å². The minimum absolute atomic E-state index is 0.0320. The molecule has 1 aliphatic heterocycles. The number of nitrogens with two attached hydrogens (primary N) is 1. The standard InChI is InChI=1S/C15H21N3O3/c1-15(14(16)17-20)7-9-18(10-8-15)13(19)11-21-12-5-3-2-4-6-12/h2-6,20H,7-11H2,1H3,(H2,16,17). The van der Waals surface area contributed by atoms with Crippen LogP contribution in [0.4, 0.5) is 0 Å². The van der Waals surface area contributed by atoms with E-state index in [1.807, 2.05) is 37.3 Å². The molecule has 0 spiro atoms. The number of amidine groups is 1. The van der Waals surface area contributed by atoms with Gasteiger partial charge in [-0.2, -0.15) is 0 Å². The Kier molecular flexibility index (Phi) is 4.67. The normalized spacial score (nSPS) is 18.3. The molecule has 1 fully saturated rings. The smallest absolute Gasteiger partial charge is 0.260 e. The first-order valence-corrected chi connectivity index (χ1v) is 6.99. The summed E-state index contributed by atoms with van der Waals surface area (Å²) < 4.78 is 5.46. The number of para-hydroxylation sites is 1. The maximum Gasteiger partial charge on any atom is 0.260 e. The number of carbonyl (C=O) groups excluding carboxylic acids is 1. The van der Waals surface area contributed by atoms with Crippen molar-refractivity contribution in [3.63, 3.8) is 0 Å². The third kappa shape index (κ3) is 3.65. The summed E-state index contributed by atoms with van der Waals surface area (Å²) >= 11 is 0. The summed E-state index contributed by atoms with van der Waals surface area (Å²) in [5.41, 5.74) is 5.37. The van der Waals surface area contributed by atoms with Crippen LogP contribution >= 0.6 is 0 Å². The van der Waals surface area contributed by atoms with E-state index in [9.17, 15) is 4.79 Å². The molecule has 1 aromatic rings. The number of ether oxygens (including phenoxy) is 1. The molecule has 0 aliphatic carbocycles. The van der Waals surface area contributed by atoms with Crippen LogP contribution in [0.2, 0.25) is 0 Å². The molecule has 6 heteroatoms. The number of likely N-dealkylation sites (tertiary alicyclic amines) is 1. The molecule has 1 aliphatic rings. The molecule has 6 nitrogen and oxygen atoms in total. The van der Waals surface area contributed by atoms with Gasteiger partial charge < -0.3 is 20.6 Å². The number of rotatable bonds is 4. The van der Waals surface area contributed by atoms with E-state index in [0.717, 1.165) is 0 Å². The van der Waals surface area contributed by atoms with Crippen LogP contribution in [0.1, 0.15) is 19.8 Å². The average molecular weight is 291 g/mol. The fourth-order valence-corrected chi connectivity index (χ4v) is 2.38. The Balaban J connectivity index is 1.83. The fraction of sp³-hybridized carbons (Fsp3) is 0.467. The second kappa shape index (κ2) is 6.47. The van der Waals surface area contributed by atoms with Gasteiger partial charge in [-0.3, -0.25) is 4.79 Å². The molecule has 0 unspecified atom stereocenters. The molecule has 0 bridgehead atoms. The van der Waals surface area contributed by atoms with Crippen LogP contribution in [0.3, 0.4) is 0 Å². The zero-order chi connectivity index (χ0) is 15.3. The van der Waals surface area contributed by atoms with Gasteiger partial charge in [-0.15, -0.1) is 0 Å². The molecule has 3 N–H and O–H groups in total. The third-order valence-electron chi connectivity index (χ3n) is 4.05. The monoisotopic (exact) mass is 291 g/mol. The summed E-state index contributed by atoms with van der Waals surface area (Å²) in [5.74, 6) is 0.875. The van der Waals surface area contributed by atoms with Gasteiger partial charge in [-0.25, -0.2) is 0 Å². The van der Waals surface area contributed by atoms with E-state index in [0.29, 0.717) is 31.7 Å². The number of amides is 1. The van der Waals surface area contributed by atoms with Crippen molar-refractivity contribution in [1.29, 1.82) is 0 Å². The second-order valence-corrected chi connectivity index (χ2v) is 5.53. The van der Waals surface area contributed by atoms with E-state index in [2.05, 4.69) is 5.16 Å². The molecule has 1 aromatic carbocycles. The van der Waals surface area contributed by atoms with E-state index in [1.54, 1.807) is 4.90 Å². The molecule has 1 amide bonds. The zero-order valence-corrected chi connectivity index (χ0v) is 12.2. The van der Waals surface area contributed by atoms with Crippen molar-refractivity contribution in [1.82, 2.24) is 4.90 Å². The number of oxime groups is 1. The van der Waals surface area contributed by atoms with Gasteiger partial charge in [-0.05, 0) is 25.0 Å². The van der Waals surface area contributed by atoms with Crippen molar-refractivity contribution in [3.05, 3.63) is 30.3 Å². The molecule has 1 heterocycles. The number of hydrogen-bond acceptors (Lipinski definition) is 4. The van der Waals surface area contributed by atoms with Crippen molar-refractivity contribution in [2.45, 2.75) is 19.8 Å². The summed E-state index contributed by atoms with van der Waals surface area (Å²) in [7, 11) is 0. The second-order valence-electron chi connectivity index (χ2n) is 5.53. The fourth-order valence-electron chi connectivity index (χ4n) is 2.38. The van der Waals surface area contributed by atoms with E-state index in [1.165, 1.54) is 0 Å². The summed E-state index contributed by atoms with van der Waals surface area (Å²) in [6.07, 6.45) is 1.36. The van der Waals surface area contributed by atoms with Crippen LogP contribution in [-0.4, -0.2) is 41.5 Å². The Hall–Kier alpha value is -2.24. The first-order valence-electron chi connectivity index (χ1n) is 6.99. The summed E-state index contributed by atoms with van der Waals surface area (Å²) in [6, 6.07) is 9.26. The predicted octanol–water partition coefficient (Wildman–Crippen LogP) is 1.44. The van der Waals surface area contributed by atoms with Gasteiger partial charge in [0.2, 0.25) is 0 Å². The molecule has 0 saturated carbocycles. The highest BCUT2D eigenvalue weighted by molar-refractivity contribution is 5.86. The minimum Gasteiger partial charge on any atom is -0.484 e. The van der Waals surface area contributed by atoms with E-state index < -0.39 is 0 Å². The maximum atomic E-state index is 12.1. The Morgan fingerprint density at radius 1 is 1.38 bits per heavy atom. The van der Waals surface area contributed by atoms with Gasteiger partial charge in [0.1, 0.15) is 11.6 Å². The summed E-state index contributed by atoms with van der Waals surface area (Å²) in [5, 5.41) is 11.9. The lowest BCUT2D eigenvalue weighted by molar-refractivity contribution is -0.135. The van der Waals surface area contributed by atoms with Crippen molar-refractivity contribution >= 4 is 11.7 Å². The number of nitrogens with zero attached hydrogens (tertiary/aromatic N) is 2. The molecule has 0 atom stereocenters. The van der Waals surface area contributed by atoms with Gasteiger partial charge in [0.15, 0.2) is 6.61 Å². The van der Waals surface area contributed by atoms with Crippen molar-refractivity contribution < 1.29 is 14.7 Å².